The molecule has 0 radical (unpaired) electrons. The number of benzene rings is 2. The van der Waals surface area contributed by atoms with E-state index in [0.717, 1.165) is 32.1 Å². The first-order chi connectivity index (χ1) is 17.0. The van der Waals surface area contributed by atoms with Gasteiger partial charge in [0.25, 0.3) is 5.91 Å². The number of nitrogens with zero attached hydrogens (tertiary/aromatic N) is 1. The molecule has 1 unspecified atom stereocenters. The lowest BCUT2D eigenvalue weighted by Gasteiger charge is -2.33. The molecule has 1 fully saturated rings. The Balaban J connectivity index is 1.81. The molecule has 0 aliphatic heterocycles. The summed E-state index contributed by atoms with van der Waals surface area (Å²) in [7, 11) is 1.56. The van der Waals surface area contributed by atoms with Crippen molar-refractivity contribution in [2.24, 2.45) is 0 Å². The number of rotatable bonds is 8. The van der Waals surface area contributed by atoms with Gasteiger partial charge in [-0.3, -0.25) is 19.3 Å². The summed E-state index contributed by atoms with van der Waals surface area (Å²) in [5.41, 5.74) is 1.60. The van der Waals surface area contributed by atoms with Crippen molar-refractivity contribution in [3.63, 3.8) is 0 Å². The maximum Gasteiger partial charge on any atom is 0.294 e. The Kier molecular flexibility index (Phi) is 7.65. The standard InChI is InChI=1S/C28H30N2O5/c1-19(31)20-13-15-23(16-14-20)30(28(33)25-12-7-17-35-25)26(21-8-6-11-24(18-21)34-2)27(32)29-22-9-4-3-5-10-22/h6-8,11-18,22,26H,3-5,9-10H2,1-2H3,(H,29,32). The summed E-state index contributed by atoms with van der Waals surface area (Å²) in [4.78, 5) is 40.8. The predicted molar refractivity (Wildman–Crippen MR) is 133 cm³/mol. The molecule has 1 saturated carbocycles. The number of hydrogen-bond acceptors (Lipinski definition) is 5. The highest BCUT2D eigenvalue weighted by atomic mass is 16.5. The predicted octanol–water partition coefficient (Wildman–Crippen LogP) is 5.33. The van der Waals surface area contributed by atoms with Gasteiger partial charge in [0, 0.05) is 17.3 Å². The van der Waals surface area contributed by atoms with Crippen LogP contribution < -0.4 is 15.0 Å². The lowest BCUT2D eigenvalue weighted by atomic mass is 9.94. The van der Waals surface area contributed by atoms with Crippen molar-refractivity contribution in [3.05, 3.63) is 83.8 Å². The van der Waals surface area contributed by atoms with E-state index in [1.54, 1.807) is 67.8 Å². The number of Topliss-reactive ketones (excluding diaryl/α,β-unsaturated/α-hetero) is 1. The lowest BCUT2D eigenvalue weighted by Crippen LogP contribution is -2.47. The number of nitrogens with one attached hydrogen (secondary N) is 1. The number of furan rings is 1. The molecular weight excluding hydrogens is 444 g/mol. The fourth-order valence-corrected chi connectivity index (χ4v) is 4.52. The van der Waals surface area contributed by atoms with Crippen LogP contribution in [0.4, 0.5) is 5.69 Å². The van der Waals surface area contributed by atoms with Crippen molar-refractivity contribution < 1.29 is 23.5 Å². The Morgan fingerprint density at radius 3 is 2.37 bits per heavy atom. The van der Waals surface area contributed by atoms with Crippen molar-refractivity contribution in [1.29, 1.82) is 0 Å². The van der Waals surface area contributed by atoms with Crippen LogP contribution in [0.5, 0.6) is 5.75 Å². The average Bonchev–Trinajstić information content (AvgIpc) is 3.42. The summed E-state index contributed by atoms with van der Waals surface area (Å²) in [6.45, 7) is 1.48. The zero-order valence-corrected chi connectivity index (χ0v) is 20.0. The van der Waals surface area contributed by atoms with Crippen molar-refractivity contribution in [3.8, 4) is 5.75 Å². The molecule has 35 heavy (non-hydrogen) atoms. The second kappa shape index (κ2) is 11.0. The Morgan fingerprint density at radius 1 is 1.00 bits per heavy atom. The normalized spacial score (nSPS) is 14.7. The molecular formula is C28H30N2O5. The SMILES string of the molecule is COc1cccc(C(C(=O)NC2CCCCC2)N(C(=O)c2ccco2)c2ccc(C(C)=O)cc2)c1. The van der Waals surface area contributed by atoms with Gasteiger partial charge in [0.05, 0.1) is 13.4 Å². The van der Waals surface area contributed by atoms with Crippen LogP contribution in [-0.2, 0) is 4.79 Å². The van der Waals surface area contributed by atoms with Gasteiger partial charge < -0.3 is 14.5 Å². The Bertz CT molecular complexity index is 1160. The topological polar surface area (TPSA) is 88.8 Å². The molecule has 0 spiro atoms. The highest BCUT2D eigenvalue weighted by Crippen LogP contribution is 2.32. The minimum absolute atomic E-state index is 0.0602. The molecule has 2 amide bonds. The van der Waals surface area contributed by atoms with E-state index in [2.05, 4.69) is 5.32 Å². The van der Waals surface area contributed by atoms with Crippen LogP contribution in [0.15, 0.2) is 71.3 Å². The molecule has 7 nitrogen and oxygen atoms in total. The van der Waals surface area contributed by atoms with Gasteiger partial charge in [0.1, 0.15) is 11.8 Å². The van der Waals surface area contributed by atoms with Gasteiger partial charge >= 0.3 is 0 Å². The second-order valence-corrected chi connectivity index (χ2v) is 8.78. The molecule has 182 valence electrons. The number of methoxy groups -OCH3 is 1. The number of ether oxygens (including phenoxy) is 1. The molecule has 0 saturated heterocycles. The van der Waals surface area contributed by atoms with Gasteiger partial charge in [-0.1, -0.05) is 31.4 Å². The number of amides is 2. The van der Waals surface area contributed by atoms with Gasteiger partial charge in [0.15, 0.2) is 11.5 Å². The first-order valence-corrected chi connectivity index (χ1v) is 11.9. The molecule has 3 aromatic rings. The first-order valence-electron chi connectivity index (χ1n) is 11.9. The smallest absolute Gasteiger partial charge is 0.294 e. The lowest BCUT2D eigenvalue weighted by molar-refractivity contribution is -0.123. The van der Waals surface area contributed by atoms with Gasteiger partial charge in [-0.15, -0.1) is 0 Å². The fraction of sp³-hybridized carbons (Fsp3) is 0.321. The van der Waals surface area contributed by atoms with Crippen molar-refractivity contribution in [1.82, 2.24) is 5.32 Å². The van der Waals surface area contributed by atoms with E-state index in [1.165, 1.54) is 18.1 Å². The largest absolute Gasteiger partial charge is 0.497 e. The molecule has 1 aliphatic carbocycles. The van der Waals surface area contributed by atoms with Crippen LogP contribution in [0.2, 0.25) is 0 Å². The molecule has 1 aliphatic rings. The number of ketones is 1. The van der Waals surface area contributed by atoms with E-state index in [9.17, 15) is 14.4 Å². The van der Waals surface area contributed by atoms with E-state index in [0.29, 0.717) is 22.6 Å². The van der Waals surface area contributed by atoms with Gasteiger partial charge in [-0.25, -0.2) is 0 Å². The zero-order valence-electron chi connectivity index (χ0n) is 20.0. The number of hydrogen-bond donors (Lipinski definition) is 1. The van der Waals surface area contributed by atoms with Crippen LogP contribution in [0.1, 0.15) is 71.5 Å². The molecule has 1 N–H and O–H groups in total. The minimum Gasteiger partial charge on any atom is -0.497 e. The van der Waals surface area contributed by atoms with Gasteiger partial charge in [-0.05, 0) is 73.9 Å². The van der Waals surface area contributed by atoms with E-state index < -0.39 is 11.9 Å². The number of anilines is 1. The Hall–Kier alpha value is -3.87. The van der Waals surface area contributed by atoms with Crippen LogP contribution in [0.25, 0.3) is 0 Å². The summed E-state index contributed by atoms with van der Waals surface area (Å²) in [6, 6.07) is 16.1. The molecule has 1 atom stereocenters. The summed E-state index contributed by atoms with van der Waals surface area (Å²) in [5.74, 6) is -0.132. The Labute approximate surface area is 205 Å². The molecule has 7 heteroatoms. The van der Waals surface area contributed by atoms with Gasteiger partial charge in [0.2, 0.25) is 5.91 Å². The highest BCUT2D eigenvalue weighted by molar-refractivity contribution is 6.09. The van der Waals surface area contributed by atoms with E-state index in [4.69, 9.17) is 9.15 Å². The molecule has 1 aromatic heterocycles. The van der Waals surface area contributed by atoms with Gasteiger partial charge in [-0.2, -0.15) is 0 Å². The zero-order chi connectivity index (χ0) is 24.8. The third-order valence-corrected chi connectivity index (χ3v) is 6.37. The molecule has 2 aromatic carbocycles. The fourth-order valence-electron chi connectivity index (χ4n) is 4.52. The first kappa shape index (κ1) is 24.3. The van der Waals surface area contributed by atoms with E-state index in [-0.39, 0.29) is 23.5 Å². The third-order valence-electron chi connectivity index (χ3n) is 6.37. The molecule has 1 heterocycles. The average molecular weight is 475 g/mol. The van der Waals surface area contributed by atoms with E-state index in [1.807, 2.05) is 0 Å². The highest BCUT2D eigenvalue weighted by Gasteiger charge is 2.36. The summed E-state index contributed by atoms with van der Waals surface area (Å²) < 4.78 is 10.8. The minimum atomic E-state index is -0.979. The third kappa shape index (κ3) is 5.62. The number of carbonyl (C=O) groups is 3. The van der Waals surface area contributed by atoms with Crippen molar-refractivity contribution in [2.45, 2.75) is 51.1 Å². The number of carbonyl (C=O) groups excluding carboxylic acids is 3. The summed E-state index contributed by atoms with van der Waals surface area (Å²) in [5, 5.41) is 3.18. The van der Waals surface area contributed by atoms with Crippen molar-refractivity contribution in [2.75, 3.05) is 12.0 Å². The van der Waals surface area contributed by atoms with Crippen LogP contribution in [0.3, 0.4) is 0 Å². The van der Waals surface area contributed by atoms with Crippen LogP contribution in [0, 0.1) is 0 Å². The summed E-state index contributed by atoms with van der Waals surface area (Å²) in [6.07, 6.45) is 6.54. The molecule has 0 bridgehead atoms. The van der Waals surface area contributed by atoms with Crippen molar-refractivity contribution >= 4 is 23.3 Å². The van der Waals surface area contributed by atoms with Crippen LogP contribution in [-0.4, -0.2) is 30.7 Å². The second-order valence-electron chi connectivity index (χ2n) is 8.78. The quantitative estimate of drug-likeness (QED) is 0.446. The summed E-state index contributed by atoms with van der Waals surface area (Å²) >= 11 is 0. The maximum absolute atomic E-state index is 13.8. The monoisotopic (exact) mass is 474 g/mol. The van der Waals surface area contributed by atoms with E-state index >= 15 is 0 Å². The Morgan fingerprint density at radius 2 is 1.74 bits per heavy atom. The molecule has 4 rings (SSSR count). The van der Waals surface area contributed by atoms with Crippen LogP contribution >= 0.6 is 0 Å². The maximum atomic E-state index is 13.8.